The highest BCUT2D eigenvalue weighted by Gasteiger charge is 2.68. The molecule has 30 heavy (non-hydrogen) atoms. The molecule has 6 saturated heterocycles. The van der Waals surface area contributed by atoms with Gasteiger partial charge in [0.05, 0.1) is 24.5 Å². The van der Waals surface area contributed by atoms with E-state index >= 15 is 0 Å². The molecule has 3 atom stereocenters. The molecule has 0 spiro atoms. The van der Waals surface area contributed by atoms with Crippen LogP contribution in [0.1, 0.15) is 6.42 Å². The van der Waals surface area contributed by atoms with Gasteiger partial charge in [-0.25, -0.2) is 16.3 Å². The summed E-state index contributed by atoms with van der Waals surface area (Å²) in [5, 5.41) is 14.8. The van der Waals surface area contributed by atoms with Crippen LogP contribution in [0, 0.1) is 5.92 Å². The Labute approximate surface area is 184 Å². The van der Waals surface area contributed by atoms with E-state index in [0.29, 0.717) is 6.61 Å². The summed E-state index contributed by atoms with van der Waals surface area (Å²) in [7, 11) is 0. The molecule has 6 aliphatic rings. The number of nitrogens with one attached hydrogen (secondary N) is 5. The Bertz CT molecular complexity index is 577. The van der Waals surface area contributed by atoms with Gasteiger partial charge in [0.2, 0.25) is 5.79 Å². The zero-order valence-electron chi connectivity index (χ0n) is 17.0. The third-order valence-corrected chi connectivity index (χ3v) is 8.38. The second kappa shape index (κ2) is 8.85. The molecule has 3 unspecified atom stereocenters. The number of nitrogens with zero attached hydrogens (tertiary/aromatic N) is 6. The van der Waals surface area contributed by atoms with Crippen LogP contribution in [-0.2, 0) is 9.68 Å². The smallest absolute Gasteiger partial charge is 0.226 e. The average Bonchev–Trinajstić information content (AvgIpc) is 3.62. The molecule has 13 nitrogen and oxygen atoms in total. The molecule has 0 aromatic rings. The quantitative estimate of drug-likeness (QED) is 0.278. The Kier molecular flexibility index (Phi) is 6.12. The average molecular weight is 462 g/mol. The number of hydroxylamine groups is 3. The van der Waals surface area contributed by atoms with Crippen molar-refractivity contribution < 1.29 is 9.68 Å². The molecule has 6 aliphatic heterocycles. The lowest BCUT2D eigenvalue weighted by atomic mass is 10.0. The summed E-state index contributed by atoms with van der Waals surface area (Å²) < 4.78 is 2.17. The van der Waals surface area contributed by atoms with Gasteiger partial charge in [0.1, 0.15) is 0 Å². The molecule has 6 rings (SSSR count). The van der Waals surface area contributed by atoms with Gasteiger partial charge in [0.15, 0.2) is 0 Å². The van der Waals surface area contributed by atoms with Crippen LogP contribution in [0.4, 0.5) is 0 Å². The van der Waals surface area contributed by atoms with Gasteiger partial charge in [-0.1, -0.05) is 5.17 Å². The van der Waals surface area contributed by atoms with Gasteiger partial charge >= 0.3 is 0 Å². The fourth-order valence-corrected chi connectivity index (χ4v) is 7.02. The Morgan fingerprint density at radius 1 is 0.967 bits per heavy atom. The van der Waals surface area contributed by atoms with Gasteiger partial charge in [0, 0.05) is 57.3 Å². The minimum atomic E-state index is -0.689. The summed E-state index contributed by atoms with van der Waals surface area (Å²) in [6.07, 6.45) is 1.00. The van der Waals surface area contributed by atoms with Crippen LogP contribution in [0.15, 0.2) is 0 Å². The number of hydrogen-bond acceptors (Lipinski definition) is 15. The van der Waals surface area contributed by atoms with E-state index < -0.39 is 5.79 Å². The van der Waals surface area contributed by atoms with E-state index in [1.54, 1.807) is 11.9 Å². The highest BCUT2D eigenvalue weighted by molar-refractivity contribution is 8.00. The van der Waals surface area contributed by atoms with E-state index in [1.807, 2.05) is 16.9 Å². The predicted octanol–water partition coefficient (Wildman–Crippen LogP) is -2.54. The number of rotatable bonds is 5. The van der Waals surface area contributed by atoms with Crippen molar-refractivity contribution in [3.8, 4) is 0 Å². The van der Waals surface area contributed by atoms with Crippen LogP contribution in [0.25, 0.3) is 0 Å². The highest BCUT2D eigenvalue weighted by Crippen LogP contribution is 2.48. The Morgan fingerprint density at radius 3 is 2.63 bits per heavy atom. The van der Waals surface area contributed by atoms with E-state index in [1.165, 1.54) is 0 Å². The molecule has 0 aromatic carbocycles. The first-order chi connectivity index (χ1) is 14.9. The van der Waals surface area contributed by atoms with E-state index in [4.69, 9.17) is 9.68 Å². The van der Waals surface area contributed by atoms with E-state index in [9.17, 15) is 0 Å². The van der Waals surface area contributed by atoms with Crippen molar-refractivity contribution in [1.82, 2.24) is 57.2 Å². The van der Waals surface area contributed by atoms with E-state index in [0.717, 1.165) is 70.3 Å². The Morgan fingerprint density at radius 2 is 1.97 bits per heavy atom. The lowest BCUT2D eigenvalue weighted by Crippen LogP contribution is -2.78. The van der Waals surface area contributed by atoms with Gasteiger partial charge < -0.3 is 5.32 Å². The standard InChI is InChI=1S/C15H31N11O2S2/c1-6-21(27-8-1)15(24-18-3-9-28-24)13(14-16-4-10-29-14)12-23(26-19-5-11-30-26)25(15)22-7-2-17-20-22/h13-14,16-20H,1-12H2. The molecule has 5 N–H and O–H groups in total. The van der Waals surface area contributed by atoms with Gasteiger partial charge in [-0.2, -0.15) is 5.53 Å². The molecule has 0 saturated carbocycles. The molecule has 6 fully saturated rings. The van der Waals surface area contributed by atoms with Crippen molar-refractivity contribution in [3.05, 3.63) is 0 Å². The normalized spacial score (nSPS) is 41.2. The van der Waals surface area contributed by atoms with E-state index in [-0.39, 0.29) is 11.3 Å². The maximum Gasteiger partial charge on any atom is 0.226 e. The predicted molar refractivity (Wildman–Crippen MR) is 112 cm³/mol. The summed E-state index contributed by atoms with van der Waals surface area (Å²) in [6.45, 7) is 7.49. The molecule has 0 aliphatic carbocycles. The van der Waals surface area contributed by atoms with Gasteiger partial charge in [0.25, 0.3) is 0 Å². The SMILES string of the molecule is C1CON(C2(N3NCCO3)C(C3NCCS3)CN(N3NCCS3)N2N2CCNN2)C1. The highest BCUT2D eigenvalue weighted by atomic mass is 32.2. The first kappa shape index (κ1) is 20.8. The maximum absolute atomic E-state index is 6.29. The molecule has 0 bridgehead atoms. The molecular formula is C15H31N11O2S2. The minimum Gasteiger partial charge on any atom is -0.304 e. The van der Waals surface area contributed by atoms with Crippen LogP contribution < -0.4 is 27.1 Å². The van der Waals surface area contributed by atoms with Crippen molar-refractivity contribution in [2.24, 2.45) is 5.92 Å². The van der Waals surface area contributed by atoms with Crippen LogP contribution >= 0.6 is 23.7 Å². The first-order valence-corrected chi connectivity index (χ1v) is 12.8. The van der Waals surface area contributed by atoms with Crippen LogP contribution in [-0.4, -0.2) is 112 Å². The van der Waals surface area contributed by atoms with Gasteiger partial charge in [-0.3, -0.25) is 9.68 Å². The van der Waals surface area contributed by atoms with Crippen molar-refractivity contribution in [2.45, 2.75) is 17.6 Å². The zero-order chi connectivity index (χ0) is 20.0. The number of thioether (sulfide) groups is 1. The fourth-order valence-electron chi connectivity index (χ4n) is 4.99. The van der Waals surface area contributed by atoms with Crippen LogP contribution in [0.2, 0.25) is 0 Å². The van der Waals surface area contributed by atoms with Crippen molar-refractivity contribution in [3.63, 3.8) is 0 Å². The molecule has 0 amide bonds. The minimum absolute atomic E-state index is 0.180. The lowest BCUT2D eigenvalue weighted by molar-refractivity contribution is -0.444. The van der Waals surface area contributed by atoms with Gasteiger partial charge in [-0.15, -0.1) is 36.7 Å². The zero-order valence-corrected chi connectivity index (χ0v) is 18.6. The number of hydrogen-bond donors (Lipinski definition) is 5. The largest absolute Gasteiger partial charge is 0.304 e. The Hall–Kier alpha value is 0.180. The fraction of sp³-hybridized carbons (Fsp3) is 1.00. The summed E-state index contributed by atoms with van der Waals surface area (Å²) in [4.78, 5) is 12.5. The summed E-state index contributed by atoms with van der Waals surface area (Å²) >= 11 is 3.79. The third kappa shape index (κ3) is 3.32. The molecule has 15 heteroatoms. The maximum atomic E-state index is 6.29. The Balaban J connectivity index is 1.47. The monoisotopic (exact) mass is 461 g/mol. The van der Waals surface area contributed by atoms with Crippen LogP contribution in [0.3, 0.4) is 0 Å². The van der Waals surface area contributed by atoms with Gasteiger partial charge in [-0.05, 0) is 18.4 Å². The van der Waals surface area contributed by atoms with Crippen molar-refractivity contribution in [1.29, 1.82) is 0 Å². The molecule has 0 aromatic heterocycles. The number of hydrazine groups is 7. The van der Waals surface area contributed by atoms with Crippen molar-refractivity contribution in [2.75, 3.05) is 70.5 Å². The summed E-state index contributed by atoms with van der Waals surface area (Å²) in [5.74, 6) is 1.65. The molecule has 170 valence electrons. The molecular weight excluding hydrogens is 430 g/mol. The third-order valence-electron chi connectivity index (χ3n) is 6.14. The first-order valence-electron chi connectivity index (χ1n) is 10.8. The van der Waals surface area contributed by atoms with Crippen molar-refractivity contribution >= 4 is 23.7 Å². The second-order valence-corrected chi connectivity index (χ2v) is 10.1. The summed E-state index contributed by atoms with van der Waals surface area (Å²) in [5.41, 5.74) is 13.6. The lowest BCUT2D eigenvalue weighted by Gasteiger charge is -2.53. The summed E-state index contributed by atoms with van der Waals surface area (Å²) in [6, 6.07) is 0. The van der Waals surface area contributed by atoms with E-state index in [2.05, 4.69) is 52.1 Å². The second-order valence-electron chi connectivity index (χ2n) is 7.88. The molecule has 6 heterocycles. The topological polar surface area (TPSA) is 98.0 Å². The molecule has 0 radical (unpaired) electrons. The van der Waals surface area contributed by atoms with Crippen LogP contribution in [0.5, 0.6) is 0 Å².